The van der Waals surface area contributed by atoms with E-state index in [9.17, 15) is 18.0 Å². The highest BCUT2D eigenvalue weighted by atomic mass is 32.2. The Labute approximate surface area is 206 Å². The van der Waals surface area contributed by atoms with Crippen molar-refractivity contribution in [3.05, 3.63) is 54.1 Å². The minimum Gasteiger partial charge on any atom is -0.497 e. The molecule has 0 aliphatic carbocycles. The van der Waals surface area contributed by atoms with Crippen molar-refractivity contribution < 1.29 is 22.7 Å². The van der Waals surface area contributed by atoms with Crippen LogP contribution in [-0.2, 0) is 14.8 Å². The highest BCUT2D eigenvalue weighted by Gasteiger charge is 2.33. The van der Waals surface area contributed by atoms with Crippen molar-refractivity contribution in [2.75, 3.05) is 58.7 Å². The Hall–Kier alpha value is -2.95. The number of ether oxygens (including phenoxy) is 1. The zero-order valence-corrected chi connectivity index (χ0v) is 21.0. The Balaban J connectivity index is 1.36. The molecule has 9 nitrogen and oxygen atoms in total. The first-order chi connectivity index (χ1) is 16.8. The van der Waals surface area contributed by atoms with E-state index in [4.69, 9.17) is 4.74 Å². The molecule has 1 N–H and O–H groups in total. The van der Waals surface area contributed by atoms with Crippen molar-refractivity contribution in [1.82, 2.24) is 14.1 Å². The number of nitrogens with one attached hydrogen (secondary N) is 1. The lowest BCUT2D eigenvalue weighted by Crippen LogP contribution is -2.47. The zero-order chi connectivity index (χ0) is 25.0. The summed E-state index contributed by atoms with van der Waals surface area (Å²) in [7, 11) is -0.138. The summed E-state index contributed by atoms with van der Waals surface area (Å²) in [4.78, 5) is 29.9. The molecule has 10 heteroatoms. The lowest BCUT2D eigenvalue weighted by Gasteiger charge is -2.32. The molecule has 2 fully saturated rings. The maximum absolute atomic E-state index is 13.1. The molecular formula is C25H32N4O5S. The molecule has 0 spiro atoms. The second-order valence-corrected chi connectivity index (χ2v) is 11.0. The van der Waals surface area contributed by atoms with E-state index in [1.165, 1.54) is 23.5 Å². The van der Waals surface area contributed by atoms with Crippen LogP contribution in [0.5, 0.6) is 5.75 Å². The lowest BCUT2D eigenvalue weighted by molar-refractivity contribution is -0.120. The first-order valence-corrected chi connectivity index (χ1v) is 13.2. The van der Waals surface area contributed by atoms with E-state index in [0.717, 1.165) is 13.1 Å². The Morgan fingerprint density at radius 3 is 2.23 bits per heavy atom. The molecule has 0 aromatic heterocycles. The molecule has 2 saturated heterocycles. The first kappa shape index (κ1) is 25.2. The molecule has 2 aliphatic rings. The monoisotopic (exact) mass is 500 g/mol. The second-order valence-electron chi connectivity index (χ2n) is 9.04. The summed E-state index contributed by atoms with van der Waals surface area (Å²) in [6.45, 7) is 3.61. The fraction of sp³-hybridized carbons (Fsp3) is 0.440. The number of rotatable bonds is 6. The summed E-state index contributed by atoms with van der Waals surface area (Å²) < 4.78 is 32.6. The predicted octanol–water partition coefficient (Wildman–Crippen LogP) is 2.12. The molecule has 35 heavy (non-hydrogen) atoms. The van der Waals surface area contributed by atoms with Gasteiger partial charge in [0.05, 0.1) is 17.9 Å². The molecule has 0 saturated carbocycles. The number of carbonyl (C=O) groups is 2. The molecule has 2 aromatic rings. The van der Waals surface area contributed by atoms with E-state index in [1.54, 1.807) is 36.4 Å². The molecule has 2 heterocycles. The third kappa shape index (κ3) is 5.83. The van der Waals surface area contributed by atoms with Crippen molar-refractivity contribution in [3.63, 3.8) is 0 Å². The van der Waals surface area contributed by atoms with Crippen molar-refractivity contribution in [2.45, 2.75) is 17.7 Å². The number of piperidine rings is 1. The molecule has 2 amide bonds. The molecular weight excluding hydrogens is 468 g/mol. The number of benzene rings is 2. The number of methoxy groups -OCH3 is 1. The van der Waals surface area contributed by atoms with Gasteiger partial charge >= 0.3 is 0 Å². The summed E-state index contributed by atoms with van der Waals surface area (Å²) in [5.74, 6) is -0.111. The molecule has 1 atom stereocenters. The second kappa shape index (κ2) is 10.8. The average Bonchev–Trinajstić information content (AvgIpc) is 2.89. The largest absolute Gasteiger partial charge is 0.497 e. The average molecular weight is 501 g/mol. The van der Waals surface area contributed by atoms with Crippen LogP contribution in [0.1, 0.15) is 23.2 Å². The Bertz CT molecular complexity index is 1140. The maximum atomic E-state index is 13.1. The van der Waals surface area contributed by atoms with Crippen LogP contribution in [0.3, 0.4) is 0 Å². The van der Waals surface area contributed by atoms with E-state index in [1.807, 2.05) is 11.9 Å². The fourth-order valence-corrected chi connectivity index (χ4v) is 5.93. The van der Waals surface area contributed by atoms with Gasteiger partial charge in [-0.25, -0.2) is 8.42 Å². The van der Waals surface area contributed by atoms with Crippen LogP contribution in [-0.4, -0.2) is 87.8 Å². The highest BCUT2D eigenvalue weighted by molar-refractivity contribution is 7.89. The molecule has 0 bridgehead atoms. The third-order valence-corrected chi connectivity index (χ3v) is 8.52. The van der Waals surface area contributed by atoms with Gasteiger partial charge in [-0.15, -0.1) is 0 Å². The molecule has 0 radical (unpaired) electrons. The van der Waals surface area contributed by atoms with Crippen LogP contribution >= 0.6 is 0 Å². The van der Waals surface area contributed by atoms with E-state index in [0.29, 0.717) is 49.5 Å². The van der Waals surface area contributed by atoms with E-state index in [-0.39, 0.29) is 23.3 Å². The van der Waals surface area contributed by atoms with Gasteiger partial charge in [-0.1, -0.05) is 0 Å². The number of likely N-dealkylation sites (N-methyl/N-ethyl adjacent to an activating group) is 1. The SMILES string of the molecule is COc1ccc(S(=O)(=O)N2CCCC(C(=O)Nc3ccc(C(=O)N4CCN(C)CC4)cc3)C2)cc1. The van der Waals surface area contributed by atoms with E-state index >= 15 is 0 Å². The summed E-state index contributed by atoms with van der Waals surface area (Å²) in [5, 5.41) is 2.88. The molecule has 2 aliphatic heterocycles. The normalized spacial score (nSPS) is 19.8. The van der Waals surface area contributed by atoms with Gasteiger partial charge in [0.1, 0.15) is 5.75 Å². The van der Waals surface area contributed by atoms with Crippen LogP contribution in [0.15, 0.2) is 53.4 Å². The van der Waals surface area contributed by atoms with Gasteiger partial charge in [0.25, 0.3) is 5.91 Å². The summed E-state index contributed by atoms with van der Waals surface area (Å²) in [5.41, 5.74) is 1.17. The van der Waals surface area contributed by atoms with Crippen LogP contribution < -0.4 is 10.1 Å². The van der Waals surface area contributed by atoms with Gasteiger partial charge < -0.3 is 19.9 Å². The Morgan fingerprint density at radius 2 is 1.60 bits per heavy atom. The maximum Gasteiger partial charge on any atom is 0.253 e. The van der Waals surface area contributed by atoms with E-state index in [2.05, 4.69) is 10.2 Å². The van der Waals surface area contributed by atoms with Crippen LogP contribution in [0, 0.1) is 5.92 Å². The van der Waals surface area contributed by atoms with E-state index < -0.39 is 15.9 Å². The molecule has 2 aromatic carbocycles. The smallest absolute Gasteiger partial charge is 0.253 e. The van der Waals surface area contributed by atoms with Crippen molar-refractivity contribution in [3.8, 4) is 5.75 Å². The highest BCUT2D eigenvalue weighted by Crippen LogP contribution is 2.26. The Morgan fingerprint density at radius 1 is 0.943 bits per heavy atom. The van der Waals surface area contributed by atoms with Crippen molar-refractivity contribution in [2.24, 2.45) is 5.92 Å². The zero-order valence-electron chi connectivity index (χ0n) is 20.1. The Kier molecular flexibility index (Phi) is 7.73. The van der Waals surface area contributed by atoms with Gasteiger partial charge in [0.15, 0.2) is 0 Å². The van der Waals surface area contributed by atoms with Crippen LogP contribution in [0.2, 0.25) is 0 Å². The van der Waals surface area contributed by atoms with Gasteiger partial charge in [0, 0.05) is 50.5 Å². The first-order valence-electron chi connectivity index (χ1n) is 11.8. The standard InChI is InChI=1S/C25H32N4O5S/c1-27-14-16-28(17-15-27)25(31)19-5-7-21(8-6-19)26-24(30)20-4-3-13-29(18-20)35(32,33)23-11-9-22(34-2)10-12-23/h5-12,20H,3-4,13-18H2,1-2H3,(H,26,30). The predicted molar refractivity (Wildman–Crippen MR) is 133 cm³/mol. The number of nitrogens with zero attached hydrogens (tertiary/aromatic N) is 3. The third-order valence-electron chi connectivity index (χ3n) is 6.64. The van der Waals surface area contributed by atoms with Gasteiger partial charge in [0.2, 0.25) is 15.9 Å². The number of sulfonamides is 1. The van der Waals surface area contributed by atoms with Gasteiger partial charge in [-0.05, 0) is 68.4 Å². The minimum atomic E-state index is -3.70. The van der Waals surface area contributed by atoms with Gasteiger partial charge in [-0.2, -0.15) is 4.31 Å². The van der Waals surface area contributed by atoms with Crippen molar-refractivity contribution in [1.29, 1.82) is 0 Å². The number of piperazine rings is 1. The molecule has 4 rings (SSSR count). The summed E-state index contributed by atoms with van der Waals surface area (Å²) in [6, 6.07) is 13.1. The molecule has 188 valence electrons. The number of carbonyl (C=O) groups excluding carboxylic acids is 2. The number of amides is 2. The summed E-state index contributed by atoms with van der Waals surface area (Å²) >= 11 is 0. The topological polar surface area (TPSA) is 99.3 Å². The quantitative estimate of drug-likeness (QED) is 0.652. The molecule has 1 unspecified atom stereocenters. The number of anilines is 1. The van der Waals surface area contributed by atoms with Gasteiger partial charge in [-0.3, -0.25) is 9.59 Å². The van der Waals surface area contributed by atoms with Crippen molar-refractivity contribution >= 4 is 27.5 Å². The fourth-order valence-electron chi connectivity index (χ4n) is 4.40. The number of hydrogen-bond acceptors (Lipinski definition) is 6. The number of hydrogen-bond donors (Lipinski definition) is 1. The minimum absolute atomic E-state index is 0.0114. The summed E-state index contributed by atoms with van der Waals surface area (Å²) in [6.07, 6.45) is 1.21. The van der Waals surface area contributed by atoms with Crippen LogP contribution in [0.4, 0.5) is 5.69 Å². The van der Waals surface area contributed by atoms with Crippen LogP contribution in [0.25, 0.3) is 0 Å². The lowest BCUT2D eigenvalue weighted by atomic mass is 9.98.